The van der Waals surface area contributed by atoms with E-state index in [-0.39, 0.29) is 12.6 Å². The summed E-state index contributed by atoms with van der Waals surface area (Å²) in [6.45, 7) is 0.274. The fraction of sp³-hybridized carbons (Fsp3) is 0.286. The first-order valence-corrected chi connectivity index (χ1v) is 3.32. The van der Waals surface area contributed by atoms with Crippen LogP contribution < -0.4 is 11.5 Å². The molecule has 0 aromatic carbocycles. The van der Waals surface area contributed by atoms with Crippen molar-refractivity contribution < 1.29 is 4.39 Å². The van der Waals surface area contributed by atoms with Gasteiger partial charge in [0.15, 0.2) is 0 Å². The van der Waals surface area contributed by atoms with Gasteiger partial charge in [-0.1, -0.05) is 6.07 Å². The second kappa shape index (κ2) is 3.41. The number of aromatic nitrogens is 1. The molecule has 0 fully saturated rings. The maximum Gasteiger partial charge on any atom is 0.213 e. The van der Waals surface area contributed by atoms with Crippen LogP contribution in [0, 0.1) is 5.95 Å². The van der Waals surface area contributed by atoms with Crippen molar-refractivity contribution in [2.24, 2.45) is 11.5 Å². The van der Waals surface area contributed by atoms with Crippen molar-refractivity contribution in [3.8, 4) is 0 Å². The van der Waals surface area contributed by atoms with Crippen LogP contribution in [0.2, 0.25) is 0 Å². The third-order valence-corrected chi connectivity index (χ3v) is 1.37. The quantitative estimate of drug-likeness (QED) is 0.599. The second-order valence-corrected chi connectivity index (χ2v) is 2.23. The van der Waals surface area contributed by atoms with Crippen LogP contribution in [-0.4, -0.2) is 11.5 Å². The zero-order valence-corrected chi connectivity index (χ0v) is 6.00. The molecule has 1 atom stereocenters. The highest BCUT2D eigenvalue weighted by Crippen LogP contribution is 2.04. The lowest BCUT2D eigenvalue weighted by molar-refractivity contribution is 0.565. The van der Waals surface area contributed by atoms with Gasteiger partial charge >= 0.3 is 0 Å². The summed E-state index contributed by atoms with van der Waals surface area (Å²) in [6.07, 6.45) is 0. The van der Waals surface area contributed by atoms with Crippen LogP contribution in [0.4, 0.5) is 4.39 Å². The highest BCUT2D eigenvalue weighted by atomic mass is 19.1. The largest absolute Gasteiger partial charge is 0.329 e. The minimum absolute atomic E-state index is 0.274. The summed E-state index contributed by atoms with van der Waals surface area (Å²) in [4.78, 5) is 3.57. The van der Waals surface area contributed by atoms with Crippen molar-refractivity contribution in [2.45, 2.75) is 6.04 Å². The van der Waals surface area contributed by atoms with Gasteiger partial charge in [0.05, 0.1) is 11.7 Å². The Morgan fingerprint density at radius 2 is 2.27 bits per heavy atom. The van der Waals surface area contributed by atoms with E-state index in [1.165, 1.54) is 6.07 Å². The molecule has 0 aliphatic carbocycles. The Labute approximate surface area is 64.2 Å². The van der Waals surface area contributed by atoms with Crippen LogP contribution >= 0.6 is 0 Å². The number of hydrogen-bond donors (Lipinski definition) is 2. The summed E-state index contributed by atoms with van der Waals surface area (Å²) in [5, 5.41) is 0. The SMILES string of the molecule is NC[C@H](N)c1cccc(F)n1. The lowest BCUT2D eigenvalue weighted by Gasteiger charge is -2.06. The predicted molar refractivity (Wildman–Crippen MR) is 40.2 cm³/mol. The zero-order chi connectivity index (χ0) is 8.27. The molecule has 0 aliphatic rings. The standard InChI is InChI=1S/C7H10FN3/c8-7-3-1-2-6(11-7)5(10)4-9/h1-3,5H,4,9-10H2/t5-/m0/s1. The molecule has 0 unspecified atom stereocenters. The molecular weight excluding hydrogens is 145 g/mol. The Balaban J connectivity index is 2.86. The lowest BCUT2D eigenvalue weighted by atomic mass is 10.2. The number of rotatable bonds is 2. The summed E-state index contributed by atoms with van der Waals surface area (Å²) >= 11 is 0. The van der Waals surface area contributed by atoms with E-state index in [4.69, 9.17) is 11.5 Å². The lowest BCUT2D eigenvalue weighted by Crippen LogP contribution is -2.21. The average molecular weight is 155 g/mol. The molecule has 1 aromatic rings. The van der Waals surface area contributed by atoms with Gasteiger partial charge in [0.2, 0.25) is 5.95 Å². The third kappa shape index (κ3) is 1.96. The van der Waals surface area contributed by atoms with Crippen molar-refractivity contribution in [3.63, 3.8) is 0 Å². The van der Waals surface area contributed by atoms with E-state index in [2.05, 4.69) is 4.98 Å². The predicted octanol–water partition coefficient (Wildman–Crippen LogP) is 0.179. The van der Waals surface area contributed by atoms with E-state index in [9.17, 15) is 4.39 Å². The molecule has 1 heterocycles. The number of pyridine rings is 1. The van der Waals surface area contributed by atoms with E-state index in [0.717, 1.165) is 0 Å². The number of halogens is 1. The van der Waals surface area contributed by atoms with Gasteiger partial charge in [-0.2, -0.15) is 4.39 Å². The van der Waals surface area contributed by atoms with Gasteiger partial charge in [-0.3, -0.25) is 0 Å². The number of nitrogens with zero attached hydrogens (tertiary/aromatic N) is 1. The van der Waals surface area contributed by atoms with Crippen molar-refractivity contribution in [1.29, 1.82) is 0 Å². The van der Waals surface area contributed by atoms with Gasteiger partial charge < -0.3 is 11.5 Å². The fourth-order valence-corrected chi connectivity index (χ4v) is 0.751. The van der Waals surface area contributed by atoms with Gasteiger partial charge in [0, 0.05) is 6.54 Å². The molecule has 0 saturated carbocycles. The molecule has 0 saturated heterocycles. The molecule has 4 N–H and O–H groups in total. The summed E-state index contributed by atoms with van der Waals surface area (Å²) < 4.78 is 12.5. The first kappa shape index (κ1) is 8.10. The van der Waals surface area contributed by atoms with E-state index in [0.29, 0.717) is 5.69 Å². The van der Waals surface area contributed by atoms with E-state index < -0.39 is 5.95 Å². The maximum absolute atomic E-state index is 12.5. The van der Waals surface area contributed by atoms with Gasteiger partial charge in [0.25, 0.3) is 0 Å². The average Bonchev–Trinajstić information content (AvgIpc) is 2.03. The van der Waals surface area contributed by atoms with Crippen LogP contribution in [0.5, 0.6) is 0 Å². The molecular formula is C7H10FN3. The van der Waals surface area contributed by atoms with Gasteiger partial charge in [-0.15, -0.1) is 0 Å². The van der Waals surface area contributed by atoms with E-state index in [1.807, 2.05) is 0 Å². The molecule has 0 spiro atoms. The minimum atomic E-state index is -0.522. The van der Waals surface area contributed by atoms with Crippen LogP contribution in [0.3, 0.4) is 0 Å². The van der Waals surface area contributed by atoms with Gasteiger partial charge in [0.1, 0.15) is 0 Å². The van der Waals surface area contributed by atoms with Crippen LogP contribution in [0.1, 0.15) is 11.7 Å². The Bertz CT molecular complexity index is 239. The molecule has 0 aliphatic heterocycles. The Morgan fingerprint density at radius 3 is 2.82 bits per heavy atom. The summed E-state index contributed by atoms with van der Waals surface area (Å²) in [5.74, 6) is -0.522. The van der Waals surface area contributed by atoms with Crippen LogP contribution in [-0.2, 0) is 0 Å². The van der Waals surface area contributed by atoms with Crippen molar-refractivity contribution >= 4 is 0 Å². The Kier molecular flexibility index (Phi) is 2.51. The molecule has 4 heteroatoms. The van der Waals surface area contributed by atoms with Gasteiger partial charge in [-0.25, -0.2) is 4.98 Å². The molecule has 1 aromatic heterocycles. The topological polar surface area (TPSA) is 64.9 Å². The molecule has 3 nitrogen and oxygen atoms in total. The van der Waals surface area contributed by atoms with Crippen LogP contribution in [0.15, 0.2) is 18.2 Å². The highest BCUT2D eigenvalue weighted by Gasteiger charge is 2.04. The highest BCUT2D eigenvalue weighted by molar-refractivity contribution is 5.08. The zero-order valence-electron chi connectivity index (χ0n) is 6.00. The molecule has 0 bridgehead atoms. The molecule has 11 heavy (non-hydrogen) atoms. The maximum atomic E-state index is 12.5. The normalized spacial score (nSPS) is 13.0. The molecule has 1 rings (SSSR count). The fourth-order valence-electron chi connectivity index (χ4n) is 0.751. The second-order valence-electron chi connectivity index (χ2n) is 2.23. The first-order valence-electron chi connectivity index (χ1n) is 3.32. The summed E-state index contributed by atoms with van der Waals surface area (Å²) in [6, 6.07) is 4.12. The number of hydrogen-bond acceptors (Lipinski definition) is 3. The molecule has 0 amide bonds. The Hall–Kier alpha value is -1.00. The molecule has 0 radical (unpaired) electrons. The van der Waals surface area contributed by atoms with Crippen molar-refractivity contribution in [3.05, 3.63) is 29.8 Å². The van der Waals surface area contributed by atoms with E-state index >= 15 is 0 Å². The minimum Gasteiger partial charge on any atom is -0.329 e. The van der Waals surface area contributed by atoms with Crippen molar-refractivity contribution in [2.75, 3.05) is 6.54 Å². The van der Waals surface area contributed by atoms with E-state index in [1.54, 1.807) is 12.1 Å². The van der Waals surface area contributed by atoms with Crippen LogP contribution in [0.25, 0.3) is 0 Å². The third-order valence-electron chi connectivity index (χ3n) is 1.37. The number of nitrogens with two attached hydrogens (primary N) is 2. The monoisotopic (exact) mass is 155 g/mol. The van der Waals surface area contributed by atoms with Crippen molar-refractivity contribution in [1.82, 2.24) is 4.98 Å². The smallest absolute Gasteiger partial charge is 0.213 e. The summed E-state index contributed by atoms with van der Waals surface area (Å²) in [7, 11) is 0. The first-order chi connectivity index (χ1) is 5.24. The Morgan fingerprint density at radius 1 is 1.55 bits per heavy atom. The summed E-state index contributed by atoms with van der Waals surface area (Å²) in [5.41, 5.74) is 11.3. The molecule has 60 valence electrons. The van der Waals surface area contributed by atoms with Gasteiger partial charge in [-0.05, 0) is 12.1 Å².